The van der Waals surface area contributed by atoms with Crippen molar-refractivity contribution in [1.82, 2.24) is 4.90 Å². The van der Waals surface area contributed by atoms with Crippen molar-refractivity contribution in [3.05, 3.63) is 0 Å². The van der Waals surface area contributed by atoms with E-state index in [-0.39, 0.29) is 12.5 Å². The minimum absolute atomic E-state index is 0.0395. The molecule has 5 nitrogen and oxygen atoms in total. The van der Waals surface area contributed by atoms with Crippen LogP contribution in [0.15, 0.2) is 0 Å². The Kier molecular flexibility index (Phi) is 5.59. The summed E-state index contributed by atoms with van der Waals surface area (Å²) in [6.45, 7) is 7.31. The summed E-state index contributed by atoms with van der Waals surface area (Å²) in [7, 11) is 0. The van der Waals surface area contributed by atoms with Crippen LogP contribution in [0.4, 0.5) is 0 Å². The fraction of sp³-hybridized carbons (Fsp3) is 0.846. The first-order valence-corrected chi connectivity index (χ1v) is 6.52. The van der Waals surface area contributed by atoms with Gasteiger partial charge in [0, 0.05) is 13.0 Å². The molecule has 5 heteroatoms. The molecular weight excluding hydrogens is 234 g/mol. The van der Waals surface area contributed by atoms with Gasteiger partial charge in [-0.1, -0.05) is 20.8 Å². The zero-order chi connectivity index (χ0) is 13.7. The first-order chi connectivity index (χ1) is 8.40. The minimum Gasteiger partial charge on any atom is -0.479 e. The fourth-order valence-corrected chi connectivity index (χ4v) is 2.34. The fourth-order valence-electron chi connectivity index (χ4n) is 2.34. The summed E-state index contributed by atoms with van der Waals surface area (Å²) in [5, 5.41) is 8.88. The van der Waals surface area contributed by atoms with E-state index < -0.39 is 12.1 Å². The van der Waals surface area contributed by atoms with E-state index in [0.717, 1.165) is 6.42 Å². The van der Waals surface area contributed by atoms with E-state index in [2.05, 4.69) is 20.8 Å². The highest BCUT2D eigenvalue weighted by Gasteiger charge is 2.29. The summed E-state index contributed by atoms with van der Waals surface area (Å²) in [6, 6.07) is 0. The molecule has 1 saturated heterocycles. The van der Waals surface area contributed by atoms with Gasteiger partial charge in [-0.2, -0.15) is 0 Å². The Bertz CT molecular complexity index is 303. The molecule has 1 rings (SSSR count). The van der Waals surface area contributed by atoms with Crippen LogP contribution in [0.3, 0.4) is 0 Å². The van der Waals surface area contributed by atoms with Crippen LogP contribution < -0.4 is 0 Å². The maximum Gasteiger partial charge on any atom is 0.334 e. The van der Waals surface area contributed by atoms with Crippen molar-refractivity contribution in [2.75, 3.05) is 19.7 Å². The Labute approximate surface area is 108 Å². The summed E-state index contributed by atoms with van der Waals surface area (Å²) in [4.78, 5) is 24.5. The molecule has 2 unspecified atom stereocenters. The molecule has 0 saturated carbocycles. The first-order valence-electron chi connectivity index (χ1n) is 6.52. The summed E-state index contributed by atoms with van der Waals surface area (Å²) in [5.41, 5.74) is 0. The van der Waals surface area contributed by atoms with Crippen LogP contribution in [-0.2, 0) is 14.3 Å². The predicted octanol–water partition coefficient (Wildman–Crippen LogP) is 1.37. The molecule has 0 aromatic heterocycles. The number of carbonyl (C=O) groups excluding carboxylic acids is 1. The van der Waals surface area contributed by atoms with Gasteiger partial charge in [0.25, 0.3) is 0 Å². The third kappa shape index (κ3) is 4.64. The van der Waals surface area contributed by atoms with E-state index in [1.165, 1.54) is 0 Å². The summed E-state index contributed by atoms with van der Waals surface area (Å²) < 4.78 is 5.10. The molecule has 0 radical (unpaired) electrons. The van der Waals surface area contributed by atoms with Crippen molar-refractivity contribution < 1.29 is 19.4 Å². The highest BCUT2D eigenvalue weighted by molar-refractivity contribution is 5.78. The number of carbonyl (C=O) groups is 2. The molecule has 104 valence electrons. The average molecular weight is 257 g/mol. The van der Waals surface area contributed by atoms with Gasteiger partial charge < -0.3 is 14.7 Å². The normalized spacial score (nSPS) is 22.0. The van der Waals surface area contributed by atoms with Crippen LogP contribution in [0.5, 0.6) is 0 Å². The molecule has 0 aliphatic carbocycles. The van der Waals surface area contributed by atoms with Gasteiger partial charge >= 0.3 is 5.97 Å². The van der Waals surface area contributed by atoms with Gasteiger partial charge in [-0.05, 0) is 18.3 Å². The third-order valence-corrected chi connectivity index (χ3v) is 3.09. The molecular formula is C13H23NO4. The van der Waals surface area contributed by atoms with Crippen molar-refractivity contribution in [1.29, 1.82) is 0 Å². The minimum atomic E-state index is -0.997. The Balaban J connectivity index is 2.43. The number of hydrogen-bond acceptors (Lipinski definition) is 3. The summed E-state index contributed by atoms with van der Waals surface area (Å²) >= 11 is 0. The van der Waals surface area contributed by atoms with Crippen LogP contribution in [0, 0.1) is 11.8 Å². The molecule has 1 amide bonds. The highest BCUT2D eigenvalue weighted by atomic mass is 16.5. The lowest BCUT2D eigenvalue weighted by Crippen LogP contribution is -2.48. The predicted molar refractivity (Wildman–Crippen MR) is 67.2 cm³/mol. The molecule has 1 aliphatic heterocycles. The molecule has 1 N–H and O–H groups in total. The average Bonchev–Trinajstić information content (AvgIpc) is 2.27. The second kappa shape index (κ2) is 6.73. The van der Waals surface area contributed by atoms with E-state index in [4.69, 9.17) is 9.84 Å². The molecule has 18 heavy (non-hydrogen) atoms. The monoisotopic (exact) mass is 257 g/mol. The molecule has 0 aromatic rings. The quantitative estimate of drug-likeness (QED) is 0.807. The standard InChI is InChI=1S/C13H23NO4/c1-9(2)6-10(3)7-12(15)14-4-5-18-11(8-14)13(16)17/h9-11H,4-8H2,1-3H3,(H,16,17). The second-order valence-electron chi connectivity index (χ2n) is 5.48. The number of morpholine rings is 1. The lowest BCUT2D eigenvalue weighted by Gasteiger charge is -2.31. The molecule has 2 atom stereocenters. The van der Waals surface area contributed by atoms with Gasteiger partial charge in [0.05, 0.1) is 13.2 Å². The Morgan fingerprint density at radius 2 is 2.06 bits per heavy atom. The SMILES string of the molecule is CC(C)CC(C)CC(=O)N1CCOC(C(=O)O)C1. The van der Waals surface area contributed by atoms with Crippen LogP contribution >= 0.6 is 0 Å². The number of ether oxygens (including phenoxy) is 1. The lowest BCUT2D eigenvalue weighted by molar-refractivity contribution is -0.159. The number of hydrogen-bond donors (Lipinski definition) is 1. The van der Waals surface area contributed by atoms with E-state index in [0.29, 0.717) is 31.4 Å². The van der Waals surface area contributed by atoms with Crippen LogP contribution in [0.25, 0.3) is 0 Å². The van der Waals surface area contributed by atoms with Crippen molar-refractivity contribution in [2.24, 2.45) is 11.8 Å². The molecule has 0 aromatic carbocycles. The van der Waals surface area contributed by atoms with Crippen molar-refractivity contribution >= 4 is 11.9 Å². The number of carboxylic acid groups (broad SMARTS) is 1. The third-order valence-electron chi connectivity index (χ3n) is 3.09. The van der Waals surface area contributed by atoms with Gasteiger partial charge in [0.15, 0.2) is 6.10 Å². The van der Waals surface area contributed by atoms with E-state index in [1.54, 1.807) is 4.90 Å². The van der Waals surface area contributed by atoms with Gasteiger partial charge in [-0.25, -0.2) is 4.79 Å². The Morgan fingerprint density at radius 3 is 2.61 bits per heavy atom. The Morgan fingerprint density at radius 1 is 1.39 bits per heavy atom. The first kappa shape index (κ1) is 15.0. The lowest BCUT2D eigenvalue weighted by atomic mass is 9.95. The zero-order valence-corrected chi connectivity index (χ0v) is 11.4. The Hall–Kier alpha value is -1.10. The zero-order valence-electron chi connectivity index (χ0n) is 11.4. The summed E-state index contributed by atoms with van der Waals surface area (Å²) in [6.07, 6.45) is 0.631. The number of rotatable bonds is 5. The van der Waals surface area contributed by atoms with Crippen LogP contribution in [0.2, 0.25) is 0 Å². The maximum absolute atomic E-state index is 12.0. The summed E-state index contributed by atoms with van der Waals surface area (Å²) in [5.74, 6) is -0.0479. The van der Waals surface area contributed by atoms with Crippen molar-refractivity contribution in [3.63, 3.8) is 0 Å². The number of aliphatic carboxylic acids is 1. The topological polar surface area (TPSA) is 66.8 Å². The molecule has 0 bridgehead atoms. The van der Waals surface area contributed by atoms with Gasteiger partial charge in [0.2, 0.25) is 5.91 Å². The van der Waals surface area contributed by atoms with Gasteiger partial charge in [0.1, 0.15) is 0 Å². The van der Waals surface area contributed by atoms with Gasteiger partial charge in [-0.3, -0.25) is 4.79 Å². The molecule has 1 heterocycles. The van der Waals surface area contributed by atoms with E-state index >= 15 is 0 Å². The van der Waals surface area contributed by atoms with E-state index in [1.807, 2.05) is 0 Å². The second-order valence-corrected chi connectivity index (χ2v) is 5.48. The van der Waals surface area contributed by atoms with Gasteiger partial charge in [-0.15, -0.1) is 0 Å². The van der Waals surface area contributed by atoms with Crippen molar-refractivity contribution in [2.45, 2.75) is 39.7 Å². The maximum atomic E-state index is 12.0. The number of amides is 1. The van der Waals surface area contributed by atoms with Crippen LogP contribution in [0.1, 0.15) is 33.6 Å². The smallest absolute Gasteiger partial charge is 0.334 e. The van der Waals surface area contributed by atoms with E-state index in [9.17, 15) is 9.59 Å². The van der Waals surface area contributed by atoms with Crippen molar-refractivity contribution in [3.8, 4) is 0 Å². The molecule has 0 spiro atoms. The molecule has 1 aliphatic rings. The number of carboxylic acids is 1. The highest BCUT2D eigenvalue weighted by Crippen LogP contribution is 2.17. The van der Waals surface area contributed by atoms with Crippen LogP contribution in [-0.4, -0.2) is 47.7 Å². The molecule has 1 fully saturated rings. The number of nitrogens with zero attached hydrogens (tertiary/aromatic N) is 1. The largest absolute Gasteiger partial charge is 0.479 e.